The Morgan fingerprint density at radius 1 is 1.19 bits per heavy atom. The molecule has 0 saturated carbocycles. The number of benzene rings is 1. The zero-order valence-electron chi connectivity index (χ0n) is 9.16. The van der Waals surface area contributed by atoms with Crippen LogP contribution in [-0.2, 0) is 0 Å². The van der Waals surface area contributed by atoms with Gasteiger partial charge in [0.1, 0.15) is 11.6 Å². The molecule has 3 heteroatoms. The second-order valence-corrected chi connectivity index (χ2v) is 3.81. The van der Waals surface area contributed by atoms with Crippen LogP contribution in [0.4, 0.5) is 4.39 Å². The molecule has 0 saturated heterocycles. The average molecular weight is 217 g/mol. The maximum absolute atomic E-state index is 13.7. The highest BCUT2D eigenvalue weighted by Crippen LogP contribution is 2.28. The van der Waals surface area contributed by atoms with Crippen molar-refractivity contribution in [3.63, 3.8) is 0 Å². The summed E-state index contributed by atoms with van der Waals surface area (Å²) in [5.74, 6) is -0.252. The maximum atomic E-state index is 13.7. The number of halogens is 1. The van der Waals surface area contributed by atoms with Crippen molar-refractivity contribution in [3.05, 3.63) is 47.5 Å². The predicted octanol–water partition coefficient (Wildman–Crippen LogP) is 3.21. The van der Waals surface area contributed by atoms with E-state index in [0.29, 0.717) is 16.7 Å². The molecule has 1 aromatic carbocycles. The molecule has 0 amide bonds. The second kappa shape index (κ2) is 3.93. The number of aryl methyl sites for hydroxylation is 2. The van der Waals surface area contributed by atoms with Crippen LogP contribution in [0.2, 0.25) is 0 Å². The van der Waals surface area contributed by atoms with Crippen LogP contribution in [-0.4, -0.2) is 10.1 Å². The Bertz CT molecular complexity index is 520. The first-order valence-electron chi connectivity index (χ1n) is 5.00. The summed E-state index contributed by atoms with van der Waals surface area (Å²) in [5, 5.41) is 9.55. The minimum atomic E-state index is -0.346. The van der Waals surface area contributed by atoms with Crippen LogP contribution in [0, 0.1) is 19.7 Å². The molecule has 1 heterocycles. The first-order chi connectivity index (χ1) is 7.58. The summed E-state index contributed by atoms with van der Waals surface area (Å²) < 4.78 is 13.7. The van der Waals surface area contributed by atoms with Crippen molar-refractivity contribution in [3.8, 4) is 16.9 Å². The van der Waals surface area contributed by atoms with Gasteiger partial charge in [-0.25, -0.2) is 4.39 Å². The van der Waals surface area contributed by atoms with Crippen molar-refractivity contribution < 1.29 is 9.50 Å². The molecule has 16 heavy (non-hydrogen) atoms. The fourth-order valence-corrected chi connectivity index (χ4v) is 1.51. The van der Waals surface area contributed by atoms with Gasteiger partial charge in [0.25, 0.3) is 0 Å². The fourth-order valence-electron chi connectivity index (χ4n) is 1.51. The van der Waals surface area contributed by atoms with E-state index in [2.05, 4.69) is 4.98 Å². The topological polar surface area (TPSA) is 33.1 Å². The van der Waals surface area contributed by atoms with Gasteiger partial charge in [-0.2, -0.15) is 0 Å². The Hall–Kier alpha value is -1.90. The summed E-state index contributed by atoms with van der Waals surface area (Å²) in [6.45, 7) is 3.53. The Morgan fingerprint density at radius 2 is 1.94 bits per heavy atom. The normalized spacial score (nSPS) is 10.4. The predicted molar refractivity (Wildman–Crippen MR) is 60.8 cm³/mol. The first kappa shape index (κ1) is 10.6. The summed E-state index contributed by atoms with van der Waals surface area (Å²) in [6.07, 6.45) is 1.60. The molecule has 0 aliphatic carbocycles. The largest absolute Gasteiger partial charge is 0.508 e. The third kappa shape index (κ3) is 1.89. The smallest absolute Gasteiger partial charge is 0.131 e. The number of aromatic nitrogens is 1. The number of hydrogen-bond donors (Lipinski definition) is 1. The van der Waals surface area contributed by atoms with Crippen LogP contribution in [0.1, 0.15) is 11.3 Å². The van der Waals surface area contributed by atoms with Gasteiger partial charge in [0.05, 0.1) is 0 Å². The molecule has 0 atom stereocenters. The van der Waals surface area contributed by atoms with E-state index >= 15 is 0 Å². The van der Waals surface area contributed by atoms with E-state index < -0.39 is 0 Å². The maximum Gasteiger partial charge on any atom is 0.131 e. The van der Waals surface area contributed by atoms with Crippen LogP contribution < -0.4 is 0 Å². The van der Waals surface area contributed by atoms with Gasteiger partial charge < -0.3 is 5.11 Å². The lowest BCUT2D eigenvalue weighted by Crippen LogP contribution is -1.88. The Kier molecular flexibility index (Phi) is 2.60. The highest BCUT2D eigenvalue weighted by atomic mass is 19.1. The van der Waals surface area contributed by atoms with E-state index in [-0.39, 0.29) is 11.6 Å². The third-order valence-electron chi connectivity index (χ3n) is 2.51. The van der Waals surface area contributed by atoms with Gasteiger partial charge in [-0.3, -0.25) is 4.98 Å². The van der Waals surface area contributed by atoms with Crippen molar-refractivity contribution in [1.29, 1.82) is 0 Å². The van der Waals surface area contributed by atoms with Gasteiger partial charge in [-0.05, 0) is 37.6 Å². The fraction of sp³-hybridized carbons (Fsp3) is 0.154. The molecule has 0 spiro atoms. The molecule has 0 unspecified atom stereocenters. The lowest BCUT2D eigenvalue weighted by Gasteiger charge is -2.06. The lowest BCUT2D eigenvalue weighted by molar-refractivity contribution is 0.469. The molecule has 0 aliphatic heterocycles. The molecule has 0 bridgehead atoms. The van der Waals surface area contributed by atoms with Crippen molar-refractivity contribution >= 4 is 0 Å². The van der Waals surface area contributed by atoms with E-state index in [9.17, 15) is 9.50 Å². The number of phenolic OH excluding ortho intramolecular Hbond substituents is 1. The summed E-state index contributed by atoms with van der Waals surface area (Å²) in [5.41, 5.74) is 2.44. The molecule has 2 rings (SSSR count). The summed E-state index contributed by atoms with van der Waals surface area (Å²) >= 11 is 0. The SMILES string of the molecule is Cc1ccc(-c2cc(O)c(C)cc2F)cn1. The van der Waals surface area contributed by atoms with E-state index in [1.807, 2.05) is 13.0 Å². The zero-order chi connectivity index (χ0) is 11.7. The van der Waals surface area contributed by atoms with Gasteiger partial charge >= 0.3 is 0 Å². The highest BCUT2D eigenvalue weighted by Gasteiger charge is 2.08. The second-order valence-electron chi connectivity index (χ2n) is 3.81. The van der Waals surface area contributed by atoms with E-state index in [4.69, 9.17) is 0 Å². The number of nitrogens with zero attached hydrogens (tertiary/aromatic N) is 1. The summed E-state index contributed by atoms with van der Waals surface area (Å²) in [4.78, 5) is 4.10. The minimum Gasteiger partial charge on any atom is -0.508 e. The van der Waals surface area contributed by atoms with Gasteiger partial charge in [-0.1, -0.05) is 6.07 Å². The molecule has 0 aliphatic rings. The number of rotatable bonds is 1. The van der Waals surface area contributed by atoms with E-state index in [1.54, 1.807) is 19.2 Å². The molecule has 0 fully saturated rings. The van der Waals surface area contributed by atoms with E-state index in [0.717, 1.165) is 5.69 Å². The number of hydrogen-bond acceptors (Lipinski definition) is 2. The van der Waals surface area contributed by atoms with Gasteiger partial charge in [-0.15, -0.1) is 0 Å². The number of phenols is 1. The third-order valence-corrected chi connectivity index (χ3v) is 2.51. The molecule has 1 aromatic heterocycles. The monoisotopic (exact) mass is 217 g/mol. The van der Waals surface area contributed by atoms with Crippen molar-refractivity contribution in [1.82, 2.24) is 4.98 Å². The standard InChI is InChI=1S/C13H12FNO/c1-8-5-12(14)11(6-13(8)16)10-4-3-9(2)15-7-10/h3-7,16H,1-2H3. The highest BCUT2D eigenvalue weighted by molar-refractivity contribution is 5.65. The van der Waals surface area contributed by atoms with Gasteiger partial charge in [0.15, 0.2) is 0 Å². The Labute approximate surface area is 93.4 Å². The number of pyridine rings is 1. The zero-order valence-corrected chi connectivity index (χ0v) is 9.16. The van der Waals surface area contributed by atoms with Crippen molar-refractivity contribution in [2.75, 3.05) is 0 Å². The van der Waals surface area contributed by atoms with Gasteiger partial charge in [0.2, 0.25) is 0 Å². The lowest BCUT2D eigenvalue weighted by atomic mass is 10.0. The quantitative estimate of drug-likeness (QED) is 0.795. The molecule has 0 radical (unpaired) electrons. The Balaban J connectivity index is 2.56. The van der Waals surface area contributed by atoms with Crippen LogP contribution in [0.25, 0.3) is 11.1 Å². The Morgan fingerprint density at radius 3 is 2.56 bits per heavy atom. The van der Waals surface area contributed by atoms with Crippen molar-refractivity contribution in [2.24, 2.45) is 0 Å². The first-order valence-corrected chi connectivity index (χ1v) is 5.00. The molecule has 2 nitrogen and oxygen atoms in total. The summed E-state index contributed by atoms with van der Waals surface area (Å²) in [6, 6.07) is 6.35. The molecule has 2 aromatic rings. The minimum absolute atomic E-state index is 0.0944. The van der Waals surface area contributed by atoms with Crippen LogP contribution >= 0.6 is 0 Å². The van der Waals surface area contributed by atoms with Crippen LogP contribution in [0.3, 0.4) is 0 Å². The average Bonchev–Trinajstić information content (AvgIpc) is 2.25. The van der Waals surface area contributed by atoms with Gasteiger partial charge in [0, 0.05) is 23.0 Å². The van der Waals surface area contributed by atoms with Crippen LogP contribution in [0.5, 0.6) is 5.75 Å². The number of aromatic hydroxyl groups is 1. The molecule has 1 N–H and O–H groups in total. The molecular formula is C13H12FNO. The summed E-state index contributed by atoms with van der Waals surface area (Å²) in [7, 11) is 0. The van der Waals surface area contributed by atoms with Crippen molar-refractivity contribution in [2.45, 2.75) is 13.8 Å². The molecular weight excluding hydrogens is 205 g/mol. The van der Waals surface area contributed by atoms with Crippen LogP contribution in [0.15, 0.2) is 30.5 Å². The molecule has 82 valence electrons. The van der Waals surface area contributed by atoms with E-state index in [1.165, 1.54) is 12.1 Å².